The molecule has 2 aromatic carbocycles. The highest BCUT2D eigenvalue weighted by atomic mass is 79.9. The van der Waals surface area contributed by atoms with Gasteiger partial charge in [0.05, 0.1) is 6.04 Å². The predicted molar refractivity (Wildman–Crippen MR) is 100 cm³/mol. The van der Waals surface area contributed by atoms with Gasteiger partial charge in [-0.2, -0.15) is 0 Å². The fourth-order valence-corrected chi connectivity index (χ4v) is 3.81. The fraction of sp³-hybridized carbons (Fsp3) is 0.294. The Morgan fingerprint density at radius 1 is 1.10 bits per heavy atom. The van der Waals surface area contributed by atoms with E-state index in [1.807, 2.05) is 0 Å². The molecule has 0 bridgehead atoms. The minimum Gasteiger partial charge on any atom is -0.306 e. The monoisotopic (exact) mass is 427 g/mol. The van der Waals surface area contributed by atoms with Crippen LogP contribution in [0.2, 0.25) is 0 Å². The molecule has 4 heteroatoms. The second kappa shape index (κ2) is 8.37. The number of nitrogens with one attached hydrogen (secondary N) is 1. The van der Waals surface area contributed by atoms with Crippen molar-refractivity contribution in [2.24, 2.45) is 0 Å². The summed E-state index contributed by atoms with van der Waals surface area (Å²) in [6.07, 6.45) is 3.25. The molecule has 1 nitrogen and oxygen atoms in total. The van der Waals surface area contributed by atoms with Gasteiger partial charge in [0.2, 0.25) is 0 Å². The zero-order chi connectivity index (χ0) is 15.2. The van der Waals surface area contributed by atoms with Crippen LogP contribution in [-0.2, 0) is 0 Å². The van der Waals surface area contributed by atoms with Crippen LogP contribution in [0.5, 0.6) is 0 Å². The highest BCUT2D eigenvalue weighted by Crippen LogP contribution is 2.35. The van der Waals surface area contributed by atoms with Crippen molar-refractivity contribution < 1.29 is 0 Å². The summed E-state index contributed by atoms with van der Waals surface area (Å²) in [6.45, 7) is 3.19. The average Bonchev–Trinajstić information content (AvgIpc) is 2.51. The molecule has 0 aliphatic rings. The normalized spacial score (nSPS) is 12.4. The second-order valence-electron chi connectivity index (χ2n) is 4.79. The van der Waals surface area contributed by atoms with E-state index >= 15 is 0 Å². The smallest absolute Gasteiger partial charge is 0.0599 e. The van der Waals surface area contributed by atoms with E-state index in [1.54, 1.807) is 11.8 Å². The summed E-state index contributed by atoms with van der Waals surface area (Å²) in [5.41, 5.74) is 2.59. The Kier molecular flexibility index (Phi) is 6.80. The Labute approximate surface area is 148 Å². The Bertz CT molecular complexity index is 601. The quantitative estimate of drug-likeness (QED) is 0.564. The summed E-state index contributed by atoms with van der Waals surface area (Å²) in [4.78, 5) is 1.32. The molecule has 2 aromatic rings. The number of thioether (sulfide) groups is 1. The van der Waals surface area contributed by atoms with Gasteiger partial charge in [0.1, 0.15) is 0 Å². The molecule has 21 heavy (non-hydrogen) atoms. The van der Waals surface area contributed by atoms with Gasteiger partial charge in [-0.1, -0.05) is 57.0 Å². The number of hydrogen-bond acceptors (Lipinski definition) is 2. The average molecular weight is 429 g/mol. The maximum Gasteiger partial charge on any atom is 0.0599 e. The molecule has 0 radical (unpaired) electrons. The molecule has 1 atom stereocenters. The molecule has 0 saturated heterocycles. The van der Waals surface area contributed by atoms with Gasteiger partial charge in [-0.25, -0.2) is 0 Å². The van der Waals surface area contributed by atoms with E-state index < -0.39 is 0 Å². The molecule has 2 rings (SSSR count). The van der Waals surface area contributed by atoms with E-state index in [1.165, 1.54) is 16.0 Å². The van der Waals surface area contributed by atoms with Crippen LogP contribution in [0.25, 0.3) is 0 Å². The van der Waals surface area contributed by atoms with Gasteiger partial charge in [0.15, 0.2) is 0 Å². The fourth-order valence-electron chi connectivity index (χ4n) is 2.32. The van der Waals surface area contributed by atoms with Crippen molar-refractivity contribution in [3.63, 3.8) is 0 Å². The van der Waals surface area contributed by atoms with Gasteiger partial charge in [0.25, 0.3) is 0 Å². The van der Waals surface area contributed by atoms with Crippen molar-refractivity contribution in [2.75, 3.05) is 12.8 Å². The summed E-state index contributed by atoms with van der Waals surface area (Å²) in [7, 11) is 0. The van der Waals surface area contributed by atoms with Gasteiger partial charge in [-0.05, 0) is 54.6 Å². The first kappa shape index (κ1) is 17.1. The molecule has 112 valence electrons. The van der Waals surface area contributed by atoms with E-state index in [4.69, 9.17) is 0 Å². The molecule has 0 heterocycles. The van der Waals surface area contributed by atoms with Gasteiger partial charge in [-0.15, -0.1) is 11.8 Å². The lowest BCUT2D eigenvalue weighted by Gasteiger charge is -2.23. The number of rotatable bonds is 6. The Balaban J connectivity index is 2.49. The van der Waals surface area contributed by atoms with Crippen molar-refractivity contribution >= 4 is 43.6 Å². The summed E-state index contributed by atoms with van der Waals surface area (Å²) in [6, 6.07) is 15.2. The topological polar surface area (TPSA) is 12.0 Å². The Morgan fingerprint density at radius 3 is 2.57 bits per heavy atom. The third-order valence-corrected chi connectivity index (χ3v) is 5.34. The SMILES string of the molecule is CCCNC(c1cc(Br)ccc1Br)c1ccccc1SC. The molecule has 0 aliphatic heterocycles. The first-order valence-corrected chi connectivity index (χ1v) is 9.79. The van der Waals surface area contributed by atoms with Crippen LogP contribution >= 0.6 is 43.6 Å². The minimum absolute atomic E-state index is 0.195. The molecular formula is C17H19Br2NS. The van der Waals surface area contributed by atoms with Crippen LogP contribution in [0.4, 0.5) is 0 Å². The molecule has 0 aliphatic carbocycles. The Hall–Kier alpha value is -0.290. The van der Waals surface area contributed by atoms with Crippen molar-refractivity contribution in [3.8, 4) is 0 Å². The molecular weight excluding hydrogens is 410 g/mol. The lowest BCUT2D eigenvalue weighted by molar-refractivity contribution is 0.590. The lowest BCUT2D eigenvalue weighted by Crippen LogP contribution is -2.24. The molecule has 1 unspecified atom stereocenters. The Morgan fingerprint density at radius 2 is 1.86 bits per heavy atom. The van der Waals surface area contributed by atoms with Crippen molar-refractivity contribution in [1.82, 2.24) is 5.32 Å². The van der Waals surface area contributed by atoms with Crippen LogP contribution in [0, 0.1) is 0 Å². The summed E-state index contributed by atoms with van der Waals surface area (Å²) >= 11 is 9.08. The van der Waals surface area contributed by atoms with Crippen molar-refractivity contribution in [3.05, 3.63) is 62.5 Å². The molecule has 1 N–H and O–H groups in total. The van der Waals surface area contributed by atoms with Crippen LogP contribution in [0.1, 0.15) is 30.5 Å². The predicted octanol–water partition coefficient (Wildman–Crippen LogP) is 6.02. The maximum atomic E-state index is 3.70. The van der Waals surface area contributed by atoms with Crippen molar-refractivity contribution in [1.29, 1.82) is 0 Å². The van der Waals surface area contributed by atoms with Crippen LogP contribution < -0.4 is 5.32 Å². The zero-order valence-corrected chi connectivity index (χ0v) is 16.2. The van der Waals surface area contributed by atoms with E-state index in [-0.39, 0.29) is 6.04 Å². The molecule has 0 amide bonds. The van der Waals surface area contributed by atoms with Gasteiger partial charge >= 0.3 is 0 Å². The first-order valence-electron chi connectivity index (χ1n) is 6.98. The number of halogens is 2. The van der Waals surface area contributed by atoms with Gasteiger partial charge in [0, 0.05) is 13.8 Å². The van der Waals surface area contributed by atoms with Crippen LogP contribution in [0.15, 0.2) is 56.3 Å². The van der Waals surface area contributed by atoms with Gasteiger partial charge in [-0.3, -0.25) is 0 Å². The van der Waals surface area contributed by atoms with Crippen molar-refractivity contribution in [2.45, 2.75) is 24.3 Å². The standard InChI is InChI=1S/C17H19Br2NS/c1-3-10-20-17(13-6-4-5-7-16(13)21-2)14-11-12(18)8-9-15(14)19/h4-9,11,17,20H,3,10H2,1-2H3. The molecule has 0 saturated carbocycles. The summed E-state index contributed by atoms with van der Waals surface area (Å²) in [5, 5.41) is 3.68. The zero-order valence-electron chi connectivity index (χ0n) is 12.2. The molecule has 0 aromatic heterocycles. The minimum atomic E-state index is 0.195. The lowest BCUT2D eigenvalue weighted by atomic mass is 9.98. The third-order valence-electron chi connectivity index (χ3n) is 3.32. The highest BCUT2D eigenvalue weighted by Gasteiger charge is 2.19. The van der Waals surface area contributed by atoms with E-state index in [9.17, 15) is 0 Å². The summed E-state index contributed by atoms with van der Waals surface area (Å²) < 4.78 is 2.24. The second-order valence-corrected chi connectivity index (χ2v) is 7.41. The summed E-state index contributed by atoms with van der Waals surface area (Å²) in [5.74, 6) is 0. The van der Waals surface area contributed by atoms with E-state index in [0.29, 0.717) is 0 Å². The molecule has 0 fully saturated rings. The number of benzene rings is 2. The van der Waals surface area contributed by atoms with Crippen LogP contribution in [0.3, 0.4) is 0 Å². The van der Waals surface area contributed by atoms with Gasteiger partial charge < -0.3 is 5.32 Å². The first-order chi connectivity index (χ1) is 10.2. The van der Waals surface area contributed by atoms with E-state index in [0.717, 1.165) is 21.9 Å². The maximum absolute atomic E-state index is 3.70. The largest absolute Gasteiger partial charge is 0.306 e. The molecule has 0 spiro atoms. The third kappa shape index (κ3) is 4.35. The number of hydrogen-bond donors (Lipinski definition) is 1. The highest BCUT2D eigenvalue weighted by molar-refractivity contribution is 9.11. The van der Waals surface area contributed by atoms with E-state index in [2.05, 4.69) is 92.8 Å². The van der Waals surface area contributed by atoms with Crippen LogP contribution in [-0.4, -0.2) is 12.8 Å².